The van der Waals surface area contributed by atoms with Crippen LogP contribution < -0.4 is 11.1 Å². The van der Waals surface area contributed by atoms with Crippen LogP contribution in [0, 0.1) is 0 Å². The third-order valence-electron chi connectivity index (χ3n) is 3.38. The SMILES string of the molecule is COCc1cccc(-c2cc(Nc3ccc(N)cc3)ncn2)c1. The fraction of sp³-hybridized carbons (Fsp3) is 0.111. The molecule has 0 radical (unpaired) electrons. The second-order valence-corrected chi connectivity index (χ2v) is 5.17. The van der Waals surface area contributed by atoms with Crippen molar-refractivity contribution in [1.29, 1.82) is 0 Å². The Kier molecular flexibility index (Phi) is 4.49. The van der Waals surface area contributed by atoms with Crippen molar-refractivity contribution < 1.29 is 4.74 Å². The van der Waals surface area contributed by atoms with E-state index < -0.39 is 0 Å². The number of methoxy groups -OCH3 is 1. The van der Waals surface area contributed by atoms with Crippen LogP contribution in [-0.4, -0.2) is 17.1 Å². The van der Waals surface area contributed by atoms with Gasteiger partial charge in [0.15, 0.2) is 0 Å². The minimum Gasteiger partial charge on any atom is -0.399 e. The van der Waals surface area contributed by atoms with Gasteiger partial charge in [0.05, 0.1) is 12.3 Å². The van der Waals surface area contributed by atoms with Gasteiger partial charge >= 0.3 is 0 Å². The van der Waals surface area contributed by atoms with Crippen molar-refractivity contribution in [1.82, 2.24) is 9.97 Å². The molecule has 3 rings (SSSR count). The van der Waals surface area contributed by atoms with Crippen LogP contribution in [0.15, 0.2) is 60.9 Å². The van der Waals surface area contributed by atoms with Gasteiger partial charge < -0.3 is 15.8 Å². The zero-order valence-electron chi connectivity index (χ0n) is 12.9. The van der Waals surface area contributed by atoms with Gasteiger partial charge in [-0.1, -0.05) is 18.2 Å². The molecule has 2 aromatic carbocycles. The maximum atomic E-state index is 5.70. The number of nitrogens with zero attached hydrogens (tertiary/aromatic N) is 2. The predicted molar refractivity (Wildman–Crippen MR) is 92.3 cm³/mol. The first-order valence-electron chi connectivity index (χ1n) is 7.27. The van der Waals surface area contributed by atoms with Gasteiger partial charge in [0.1, 0.15) is 12.1 Å². The number of nitrogens with two attached hydrogens (primary N) is 1. The third-order valence-corrected chi connectivity index (χ3v) is 3.38. The molecule has 1 aromatic heterocycles. The van der Waals surface area contributed by atoms with E-state index in [9.17, 15) is 0 Å². The third kappa shape index (κ3) is 3.84. The van der Waals surface area contributed by atoms with E-state index in [0.29, 0.717) is 6.61 Å². The summed E-state index contributed by atoms with van der Waals surface area (Å²) in [5.41, 5.74) is 10.3. The van der Waals surface area contributed by atoms with E-state index in [0.717, 1.165) is 34.0 Å². The quantitative estimate of drug-likeness (QED) is 0.704. The average Bonchev–Trinajstić information content (AvgIpc) is 2.58. The van der Waals surface area contributed by atoms with E-state index in [1.54, 1.807) is 13.4 Å². The molecule has 23 heavy (non-hydrogen) atoms. The van der Waals surface area contributed by atoms with Gasteiger partial charge in [0.25, 0.3) is 0 Å². The normalized spacial score (nSPS) is 10.5. The van der Waals surface area contributed by atoms with E-state index in [-0.39, 0.29) is 0 Å². The van der Waals surface area contributed by atoms with Crippen LogP contribution in [-0.2, 0) is 11.3 Å². The number of hydrogen-bond acceptors (Lipinski definition) is 5. The molecular weight excluding hydrogens is 288 g/mol. The number of ether oxygens (including phenoxy) is 1. The van der Waals surface area contributed by atoms with Crippen molar-refractivity contribution >= 4 is 17.2 Å². The number of aromatic nitrogens is 2. The molecule has 0 unspecified atom stereocenters. The Balaban J connectivity index is 1.84. The van der Waals surface area contributed by atoms with E-state index >= 15 is 0 Å². The smallest absolute Gasteiger partial charge is 0.134 e. The van der Waals surface area contributed by atoms with E-state index in [4.69, 9.17) is 10.5 Å². The van der Waals surface area contributed by atoms with Crippen LogP contribution in [0.4, 0.5) is 17.2 Å². The standard InChI is InChI=1S/C18H18N4O/c1-23-11-13-3-2-4-14(9-13)17-10-18(21-12-20-17)22-16-7-5-15(19)6-8-16/h2-10,12H,11,19H2,1H3,(H,20,21,22). The highest BCUT2D eigenvalue weighted by molar-refractivity contribution is 5.66. The van der Waals surface area contributed by atoms with E-state index in [2.05, 4.69) is 21.4 Å². The molecular formula is C18H18N4O. The molecule has 3 N–H and O–H groups in total. The van der Waals surface area contributed by atoms with Crippen LogP contribution in [0.1, 0.15) is 5.56 Å². The Labute approximate surface area is 135 Å². The van der Waals surface area contributed by atoms with Crippen LogP contribution in [0.5, 0.6) is 0 Å². The number of rotatable bonds is 5. The summed E-state index contributed by atoms with van der Waals surface area (Å²) < 4.78 is 5.18. The summed E-state index contributed by atoms with van der Waals surface area (Å²) >= 11 is 0. The lowest BCUT2D eigenvalue weighted by Crippen LogP contribution is -1.96. The number of nitrogen functional groups attached to an aromatic ring is 1. The monoisotopic (exact) mass is 306 g/mol. The molecule has 116 valence electrons. The molecule has 0 saturated carbocycles. The van der Waals surface area contributed by atoms with Gasteiger partial charge in [-0.05, 0) is 35.9 Å². The fourth-order valence-electron chi connectivity index (χ4n) is 2.28. The molecule has 0 amide bonds. The summed E-state index contributed by atoms with van der Waals surface area (Å²) in [7, 11) is 1.69. The summed E-state index contributed by atoms with van der Waals surface area (Å²) in [4.78, 5) is 8.62. The van der Waals surface area contributed by atoms with Crippen LogP contribution in [0.3, 0.4) is 0 Å². The summed E-state index contributed by atoms with van der Waals surface area (Å²) in [5.74, 6) is 0.733. The molecule has 0 aliphatic rings. The van der Waals surface area contributed by atoms with Gasteiger partial charge in [-0.3, -0.25) is 0 Å². The maximum Gasteiger partial charge on any atom is 0.134 e. The lowest BCUT2D eigenvalue weighted by molar-refractivity contribution is 0.185. The van der Waals surface area contributed by atoms with Crippen molar-refractivity contribution in [3.63, 3.8) is 0 Å². The molecule has 0 atom stereocenters. The summed E-state index contributed by atoms with van der Waals surface area (Å²) in [5, 5.41) is 3.25. The van der Waals surface area contributed by atoms with E-state index in [1.165, 1.54) is 0 Å². The highest BCUT2D eigenvalue weighted by Crippen LogP contribution is 2.22. The van der Waals surface area contributed by atoms with Crippen molar-refractivity contribution in [3.05, 3.63) is 66.5 Å². The van der Waals surface area contributed by atoms with Gasteiger partial charge in [0.2, 0.25) is 0 Å². The van der Waals surface area contributed by atoms with Gasteiger partial charge in [0, 0.05) is 30.1 Å². The Morgan fingerprint density at radius 2 is 1.87 bits per heavy atom. The van der Waals surface area contributed by atoms with Gasteiger partial charge in [-0.15, -0.1) is 0 Å². The number of anilines is 3. The molecule has 0 aliphatic heterocycles. The second kappa shape index (κ2) is 6.89. The van der Waals surface area contributed by atoms with Crippen molar-refractivity contribution in [2.24, 2.45) is 0 Å². The first-order valence-corrected chi connectivity index (χ1v) is 7.27. The predicted octanol–water partition coefficient (Wildman–Crippen LogP) is 3.62. The minimum atomic E-state index is 0.579. The Morgan fingerprint density at radius 3 is 2.65 bits per heavy atom. The Bertz CT molecular complexity index is 787. The molecule has 0 saturated heterocycles. The Hall–Kier alpha value is -2.92. The summed E-state index contributed by atoms with van der Waals surface area (Å²) in [6, 6.07) is 17.6. The van der Waals surface area contributed by atoms with Crippen molar-refractivity contribution in [3.8, 4) is 11.3 Å². The van der Waals surface area contributed by atoms with Crippen LogP contribution in [0.2, 0.25) is 0 Å². The number of hydrogen-bond donors (Lipinski definition) is 2. The molecule has 3 aromatic rings. The highest BCUT2D eigenvalue weighted by Gasteiger charge is 2.04. The van der Waals surface area contributed by atoms with Crippen LogP contribution in [0.25, 0.3) is 11.3 Å². The molecule has 0 aliphatic carbocycles. The van der Waals surface area contributed by atoms with E-state index in [1.807, 2.05) is 48.5 Å². The van der Waals surface area contributed by atoms with Gasteiger partial charge in [-0.2, -0.15) is 0 Å². The minimum absolute atomic E-state index is 0.579. The molecule has 0 bridgehead atoms. The topological polar surface area (TPSA) is 73.1 Å². The molecule has 0 spiro atoms. The molecule has 5 nitrogen and oxygen atoms in total. The Morgan fingerprint density at radius 1 is 1.04 bits per heavy atom. The summed E-state index contributed by atoms with van der Waals surface area (Å²) in [6.45, 7) is 0.579. The zero-order chi connectivity index (χ0) is 16.1. The first kappa shape index (κ1) is 15.0. The lowest BCUT2D eigenvalue weighted by Gasteiger charge is -2.08. The lowest BCUT2D eigenvalue weighted by atomic mass is 10.1. The maximum absolute atomic E-state index is 5.70. The fourth-order valence-corrected chi connectivity index (χ4v) is 2.28. The van der Waals surface area contributed by atoms with Crippen LogP contribution >= 0.6 is 0 Å². The summed E-state index contributed by atoms with van der Waals surface area (Å²) in [6.07, 6.45) is 1.55. The zero-order valence-corrected chi connectivity index (χ0v) is 12.9. The second-order valence-electron chi connectivity index (χ2n) is 5.17. The van der Waals surface area contributed by atoms with Crippen molar-refractivity contribution in [2.75, 3.05) is 18.2 Å². The average molecular weight is 306 g/mol. The molecule has 5 heteroatoms. The molecule has 1 heterocycles. The number of benzene rings is 2. The number of nitrogens with one attached hydrogen (secondary N) is 1. The van der Waals surface area contributed by atoms with Crippen molar-refractivity contribution in [2.45, 2.75) is 6.61 Å². The largest absolute Gasteiger partial charge is 0.399 e. The van der Waals surface area contributed by atoms with Gasteiger partial charge in [-0.25, -0.2) is 9.97 Å². The highest BCUT2D eigenvalue weighted by atomic mass is 16.5. The molecule has 0 fully saturated rings. The first-order chi connectivity index (χ1) is 11.2.